The highest BCUT2D eigenvalue weighted by molar-refractivity contribution is 5.97. The van der Waals surface area contributed by atoms with Gasteiger partial charge in [-0.3, -0.25) is 9.59 Å². The lowest BCUT2D eigenvalue weighted by molar-refractivity contribution is -0.152. The second-order valence-corrected chi connectivity index (χ2v) is 6.09. The van der Waals surface area contributed by atoms with E-state index in [2.05, 4.69) is 10.2 Å². The van der Waals surface area contributed by atoms with Crippen LogP contribution in [0.3, 0.4) is 0 Å². The summed E-state index contributed by atoms with van der Waals surface area (Å²) >= 11 is 0. The SMILES string of the molecule is CC(C)C1NC(=O)C(C)N(C(C)CCN(C)C)C1=O. The Morgan fingerprint density at radius 3 is 2.32 bits per heavy atom. The highest BCUT2D eigenvalue weighted by Gasteiger charge is 2.41. The van der Waals surface area contributed by atoms with Crippen LogP contribution in [-0.2, 0) is 9.59 Å². The van der Waals surface area contributed by atoms with E-state index in [-0.39, 0.29) is 35.9 Å². The standard InChI is InChI=1S/C14H27N3O2/c1-9(2)12-14(19)17(11(4)13(18)15-12)10(3)7-8-16(5)6/h9-12H,7-8H2,1-6H3,(H,15,18). The zero-order chi connectivity index (χ0) is 14.7. The fourth-order valence-corrected chi connectivity index (χ4v) is 2.45. The van der Waals surface area contributed by atoms with Gasteiger partial charge in [0.05, 0.1) is 0 Å². The first-order valence-electron chi connectivity index (χ1n) is 7.03. The number of rotatable bonds is 5. The Labute approximate surface area is 116 Å². The second-order valence-electron chi connectivity index (χ2n) is 6.09. The average molecular weight is 269 g/mol. The first kappa shape index (κ1) is 16.0. The van der Waals surface area contributed by atoms with Crippen molar-refractivity contribution in [2.24, 2.45) is 5.92 Å². The Morgan fingerprint density at radius 2 is 1.84 bits per heavy atom. The maximum absolute atomic E-state index is 12.5. The molecule has 1 rings (SSSR count). The van der Waals surface area contributed by atoms with Crippen LogP contribution in [0.2, 0.25) is 0 Å². The van der Waals surface area contributed by atoms with Gasteiger partial charge in [0.25, 0.3) is 0 Å². The summed E-state index contributed by atoms with van der Waals surface area (Å²) in [5, 5.41) is 2.82. The molecule has 3 atom stereocenters. The molecule has 0 aliphatic carbocycles. The van der Waals surface area contributed by atoms with Gasteiger partial charge in [0.15, 0.2) is 0 Å². The lowest BCUT2D eigenvalue weighted by atomic mass is 9.96. The third kappa shape index (κ3) is 3.69. The van der Waals surface area contributed by atoms with Crippen molar-refractivity contribution in [3.8, 4) is 0 Å². The molecule has 0 aromatic heterocycles. The topological polar surface area (TPSA) is 52.7 Å². The summed E-state index contributed by atoms with van der Waals surface area (Å²) in [7, 11) is 4.02. The number of piperazine rings is 1. The quantitative estimate of drug-likeness (QED) is 0.799. The van der Waals surface area contributed by atoms with E-state index in [0.29, 0.717) is 0 Å². The van der Waals surface area contributed by atoms with Gasteiger partial charge in [-0.1, -0.05) is 13.8 Å². The van der Waals surface area contributed by atoms with Crippen LogP contribution < -0.4 is 5.32 Å². The molecule has 5 nitrogen and oxygen atoms in total. The van der Waals surface area contributed by atoms with E-state index in [1.807, 2.05) is 34.9 Å². The monoisotopic (exact) mass is 269 g/mol. The number of hydrogen-bond donors (Lipinski definition) is 1. The maximum Gasteiger partial charge on any atom is 0.246 e. The normalized spacial score (nSPS) is 26.0. The Bertz CT molecular complexity index is 342. The van der Waals surface area contributed by atoms with Crippen molar-refractivity contribution in [1.82, 2.24) is 15.1 Å². The van der Waals surface area contributed by atoms with Crippen LogP contribution in [0.15, 0.2) is 0 Å². The van der Waals surface area contributed by atoms with Crippen molar-refractivity contribution in [3.63, 3.8) is 0 Å². The first-order valence-corrected chi connectivity index (χ1v) is 7.03. The summed E-state index contributed by atoms with van der Waals surface area (Å²) in [6.45, 7) is 8.65. The van der Waals surface area contributed by atoms with Gasteiger partial charge in [-0.05, 0) is 46.8 Å². The van der Waals surface area contributed by atoms with Gasteiger partial charge in [-0.15, -0.1) is 0 Å². The fourth-order valence-electron chi connectivity index (χ4n) is 2.45. The van der Waals surface area contributed by atoms with Crippen LogP contribution in [0, 0.1) is 5.92 Å². The lowest BCUT2D eigenvalue weighted by Crippen LogP contribution is -2.65. The van der Waals surface area contributed by atoms with Crippen LogP contribution in [0.5, 0.6) is 0 Å². The number of nitrogens with zero attached hydrogens (tertiary/aromatic N) is 2. The molecule has 0 aromatic rings. The molecule has 1 saturated heterocycles. The van der Waals surface area contributed by atoms with E-state index in [1.165, 1.54) is 0 Å². The molecule has 1 aliphatic heterocycles. The Morgan fingerprint density at radius 1 is 1.26 bits per heavy atom. The number of carbonyl (C=O) groups is 2. The molecular formula is C14H27N3O2. The maximum atomic E-state index is 12.5. The Balaban J connectivity index is 2.82. The van der Waals surface area contributed by atoms with Gasteiger partial charge in [0.1, 0.15) is 12.1 Å². The third-order valence-corrected chi connectivity index (χ3v) is 3.75. The second kappa shape index (κ2) is 6.37. The first-order chi connectivity index (χ1) is 8.75. The zero-order valence-electron chi connectivity index (χ0n) is 12.9. The molecule has 5 heteroatoms. The predicted molar refractivity (Wildman–Crippen MR) is 75.7 cm³/mol. The highest BCUT2D eigenvalue weighted by Crippen LogP contribution is 2.19. The van der Waals surface area contributed by atoms with Crippen LogP contribution in [0.25, 0.3) is 0 Å². The van der Waals surface area contributed by atoms with Gasteiger partial charge in [0, 0.05) is 6.04 Å². The molecule has 1 heterocycles. The van der Waals surface area contributed by atoms with Crippen molar-refractivity contribution >= 4 is 11.8 Å². The van der Waals surface area contributed by atoms with Crippen molar-refractivity contribution in [2.45, 2.75) is 52.2 Å². The van der Waals surface area contributed by atoms with Crippen molar-refractivity contribution < 1.29 is 9.59 Å². The van der Waals surface area contributed by atoms with Gasteiger partial charge in [0.2, 0.25) is 11.8 Å². The highest BCUT2D eigenvalue weighted by atomic mass is 16.2. The molecule has 2 amide bonds. The lowest BCUT2D eigenvalue weighted by Gasteiger charge is -2.42. The fraction of sp³-hybridized carbons (Fsp3) is 0.857. The zero-order valence-corrected chi connectivity index (χ0v) is 12.9. The summed E-state index contributed by atoms with van der Waals surface area (Å²) in [5.74, 6) is 0.121. The van der Waals surface area contributed by atoms with Crippen molar-refractivity contribution in [2.75, 3.05) is 20.6 Å². The van der Waals surface area contributed by atoms with E-state index < -0.39 is 0 Å². The minimum atomic E-state index is -0.384. The molecule has 110 valence electrons. The number of amides is 2. The largest absolute Gasteiger partial charge is 0.342 e. The van der Waals surface area contributed by atoms with Gasteiger partial charge in [-0.25, -0.2) is 0 Å². The Hall–Kier alpha value is -1.10. The average Bonchev–Trinajstić information content (AvgIpc) is 2.31. The molecule has 19 heavy (non-hydrogen) atoms. The smallest absolute Gasteiger partial charge is 0.246 e. The van der Waals surface area contributed by atoms with E-state index in [0.717, 1.165) is 13.0 Å². The molecule has 1 N–H and O–H groups in total. The van der Waals surface area contributed by atoms with E-state index in [9.17, 15) is 9.59 Å². The van der Waals surface area contributed by atoms with Gasteiger partial charge in [-0.2, -0.15) is 0 Å². The third-order valence-electron chi connectivity index (χ3n) is 3.75. The summed E-state index contributed by atoms with van der Waals surface area (Å²) in [5.41, 5.74) is 0. The summed E-state index contributed by atoms with van der Waals surface area (Å²) < 4.78 is 0. The van der Waals surface area contributed by atoms with Crippen molar-refractivity contribution in [3.05, 3.63) is 0 Å². The minimum absolute atomic E-state index is 0.0463. The summed E-state index contributed by atoms with van der Waals surface area (Å²) in [6.07, 6.45) is 0.876. The van der Waals surface area contributed by atoms with E-state index in [1.54, 1.807) is 11.8 Å². The molecule has 0 aromatic carbocycles. The molecule has 0 bridgehead atoms. The number of nitrogens with one attached hydrogen (secondary N) is 1. The molecule has 1 fully saturated rings. The Kier molecular flexibility index (Phi) is 5.35. The van der Waals surface area contributed by atoms with Gasteiger partial charge >= 0.3 is 0 Å². The molecule has 0 saturated carbocycles. The minimum Gasteiger partial charge on any atom is -0.342 e. The van der Waals surface area contributed by atoms with E-state index >= 15 is 0 Å². The molecule has 3 unspecified atom stereocenters. The molecule has 0 radical (unpaired) electrons. The van der Waals surface area contributed by atoms with E-state index in [4.69, 9.17) is 0 Å². The molecule has 1 aliphatic rings. The predicted octanol–water partition coefficient (Wildman–Crippen LogP) is 0.698. The molecular weight excluding hydrogens is 242 g/mol. The summed E-state index contributed by atoms with van der Waals surface area (Å²) in [6, 6.07) is -0.678. The van der Waals surface area contributed by atoms with Crippen molar-refractivity contribution in [1.29, 1.82) is 0 Å². The van der Waals surface area contributed by atoms with Crippen LogP contribution in [-0.4, -0.2) is 60.4 Å². The number of carbonyl (C=O) groups excluding carboxylic acids is 2. The van der Waals surface area contributed by atoms with Gasteiger partial charge < -0.3 is 15.1 Å². The molecule has 0 spiro atoms. The van der Waals surface area contributed by atoms with Crippen LogP contribution >= 0.6 is 0 Å². The van der Waals surface area contributed by atoms with Crippen LogP contribution in [0.1, 0.15) is 34.1 Å². The summed E-state index contributed by atoms with van der Waals surface area (Å²) in [4.78, 5) is 28.3. The van der Waals surface area contributed by atoms with Crippen LogP contribution in [0.4, 0.5) is 0 Å². The number of hydrogen-bond acceptors (Lipinski definition) is 3.